The SMILES string of the molecule is Cn1cnc(C(=O)N2CC[C@H](Oc3ccccc3)[C@@](C)(O)C2)c1. The second-order valence-electron chi connectivity index (χ2n) is 6.22. The first-order valence-electron chi connectivity index (χ1n) is 7.67. The van der Waals surface area contributed by atoms with Crippen LogP contribution in [0.4, 0.5) is 0 Å². The van der Waals surface area contributed by atoms with Crippen molar-refractivity contribution in [2.75, 3.05) is 13.1 Å². The van der Waals surface area contributed by atoms with Crippen LogP contribution in [0.2, 0.25) is 0 Å². The minimum Gasteiger partial charge on any atom is -0.487 e. The Balaban J connectivity index is 1.68. The molecule has 2 aromatic rings. The van der Waals surface area contributed by atoms with Gasteiger partial charge in [-0.3, -0.25) is 4.79 Å². The van der Waals surface area contributed by atoms with Crippen molar-refractivity contribution in [3.05, 3.63) is 48.5 Å². The summed E-state index contributed by atoms with van der Waals surface area (Å²) in [5, 5.41) is 10.7. The van der Waals surface area contributed by atoms with Gasteiger partial charge in [0.15, 0.2) is 0 Å². The van der Waals surface area contributed by atoms with E-state index in [4.69, 9.17) is 4.74 Å². The number of hydrogen-bond donors (Lipinski definition) is 1. The number of aromatic nitrogens is 2. The maximum absolute atomic E-state index is 12.5. The van der Waals surface area contributed by atoms with Crippen LogP contribution in [0.3, 0.4) is 0 Å². The molecule has 1 saturated heterocycles. The van der Waals surface area contributed by atoms with Gasteiger partial charge in [-0.2, -0.15) is 0 Å². The number of hydrogen-bond acceptors (Lipinski definition) is 4. The van der Waals surface area contributed by atoms with Gasteiger partial charge >= 0.3 is 0 Å². The lowest BCUT2D eigenvalue weighted by atomic mass is 9.91. The summed E-state index contributed by atoms with van der Waals surface area (Å²) >= 11 is 0. The fraction of sp³-hybridized carbons (Fsp3) is 0.412. The standard InChI is InChI=1S/C17H21N3O3/c1-17(22)11-20(16(21)14-10-19(2)12-18-14)9-8-15(17)23-13-6-4-3-5-7-13/h3-7,10,12,15,22H,8-9,11H2,1-2H3/t15-,17-/m0/s1. The highest BCUT2D eigenvalue weighted by molar-refractivity contribution is 5.92. The van der Waals surface area contributed by atoms with Crippen LogP contribution in [0.25, 0.3) is 0 Å². The van der Waals surface area contributed by atoms with Crippen LogP contribution in [-0.2, 0) is 7.05 Å². The van der Waals surface area contributed by atoms with Gasteiger partial charge in [-0.15, -0.1) is 0 Å². The van der Waals surface area contributed by atoms with Crippen molar-refractivity contribution in [3.63, 3.8) is 0 Å². The van der Waals surface area contributed by atoms with E-state index >= 15 is 0 Å². The number of β-amino-alcohol motifs (C(OH)–C–C–N with tert-alkyl or cyclic N) is 1. The van der Waals surface area contributed by atoms with E-state index < -0.39 is 5.60 Å². The molecule has 122 valence electrons. The Hall–Kier alpha value is -2.34. The molecule has 1 amide bonds. The van der Waals surface area contributed by atoms with Crippen LogP contribution in [-0.4, -0.2) is 50.3 Å². The molecule has 0 spiro atoms. The van der Waals surface area contributed by atoms with Gasteiger partial charge in [0.05, 0.1) is 12.9 Å². The molecule has 6 heteroatoms. The minimum absolute atomic E-state index is 0.163. The summed E-state index contributed by atoms with van der Waals surface area (Å²) in [6.07, 6.45) is 3.50. The summed E-state index contributed by atoms with van der Waals surface area (Å²) in [5.41, 5.74) is -0.718. The van der Waals surface area contributed by atoms with E-state index in [1.165, 1.54) is 0 Å². The Morgan fingerprint density at radius 2 is 2.13 bits per heavy atom. The van der Waals surface area contributed by atoms with Gasteiger partial charge in [0.25, 0.3) is 5.91 Å². The summed E-state index contributed by atoms with van der Waals surface area (Å²) in [4.78, 5) is 18.2. The first kappa shape index (κ1) is 15.6. The summed E-state index contributed by atoms with van der Waals surface area (Å²) in [7, 11) is 1.82. The number of piperidine rings is 1. The number of carbonyl (C=O) groups is 1. The molecule has 1 aromatic carbocycles. The molecule has 3 rings (SSSR count). The average molecular weight is 315 g/mol. The Morgan fingerprint density at radius 1 is 1.39 bits per heavy atom. The Kier molecular flexibility index (Phi) is 4.09. The number of para-hydroxylation sites is 1. The maximum Gasteiger partial charge on any atom is 0.274 e. The van der Waals surface area contributed by atoms with Gasteiger partial charge < -0.3 is 19.3 Å². The molecule has 0 aliphatic carbocycles. The summed E-state index contributed by atoms with van der Waals surface area (Å²) in [6.45, 7) is 2.46. The molecular weight excluding hydrogens is 294 g/mol. The van der Waals surface area contributed by atoms with Gasteiger partial charge in [0, 0.05) is 26.2 Å². The number of rotatable bonds is 3. The molecule has 1 aliphatic heterocycles. The van der Waals surface area contributed by atoms with Crippen LogP contribution in [0.1, 0.15) is 23.8 Å². The summed E-state index contributed by atoms with van der Waals surface area (Å²) < 4.78 is 7.63. The quantitative estimate of drug-likeness (QED) is 0.931. The molecule has 0 bridgehead atoms. The zero-order valence-corrected chi connectivity index (χ0v) is 13.3. The number of benzene rings is 1. The monoisotopic (exact) mass is 315 g/mol. The summed E-state index contributed by atoms with van der Waals surface area (Å²) in [6, 6.07) is 9.43. The van der Waals surface area contributed by atoms with Crippen LogP contribution in [0.5, 0.6) is 5.75 Å². The highest BCUT2D eigenvalue weighted by Crippen LogP contribution is 2.27. The second-order valence-corrected chi connectivity index (χ2v) is 6.22. The van der Waals surface area contributed by atoms with Crippen LogP contribution >= 0.6 is 0 Å². The fourth-order valence-electron chi connectivity index (χ4n) is 2.86. The molecule has 0 saturated carbocycles. The Bertz CT molecular complexity index is 681. The first-order valence-corrected chi connectivity index (χ1v) is 7.67. The molecule has 0 radical (unpaired) electrons. The number of nitrogens with zero attached hydrogens (tertiary/aromatic N) is 3. The van der Waals surface area contributed by atoms with E-state index in [0.29, 0.717) is 18.7 Å². The van der Waals surface area contributed by atoms with Crippen molar-refractivity contribution in [2.24, 2.45) is 7.05 Å². The fourth-order valence-corrected chi connectivity index (χ4v) is 2.86. The topological polar surface area (TPSA) is 67.6 Å². The zero-order chi connectivity index (χ0) is 16.4. The van der Waals surface area contributed by atoms with Crippen LogP contribution < -0.4 is 4.74 Å². The third kappa shape index (κ3) is 3.37. The molecule has 2 heterocycles. The number of carbonyl (C=O) groups excluding carboxylic acids is 1. The van der Waals surface area contributed by atoms with Gasteiger partial charge in [0.2, 0.25) is 0 Å². The van der Waals surface area contributed by atoms with Crippen molar-refractivity contribution < 1.29 is 14.6 Å². The maximum atomic E-state index is 12.5. The van der Waals surface area contributed by atoms with E-state index in [9.17, 15) is 9.90 Å². The van der Waals surface area contributed by atoms with E-state index in [-0.39, 0.29) is 18.6 Å². The largest absolute Gasteiger partial charge is 0.487 e. The van der Waals surface area contributed by atoms with Crippen molar-refractivity contribution in [2.45, 2.75) is 25.0 Å². The minimum atomic E-state index is -1.11. The number of imidazole rings is 1. The molecule has 6 nitrogen and oxygen atoms in total. The van der Waals surface area contributed by atoms with Gasteiger partial charge in [-0.05, 0) is 19.1 Å². The molecule has 1 fully saturated rings. The van der Waals surface area contributed by atoms with Crippen molar-refractivity contribution in [1.29, 1.82) is 0 Å². The third-order valence-electron chi connectivity index (χ3n) is 4.10. The normalized spacial score (nSPS) is 24.5. The molecule has 1 aromatic heterocycles. The number of aliphatic hydroxyl groups is 1. The highest BCUT2D eigenvalue weighted by atomic mass is 16.5. The zero-order valence-electron chi connectivity index (χ0n) is 13.3. The van der Waals surface area contributed by atoms with Crippen molar-refractivity contribution in [1.82, 2.24) is 14.5 Å². The van der Waals surface area contributed by atoms with E-state index in [1.807, 2.05) is 37.4 Å². The number of likely N-dealkylation sites (tertiary alicyclic amines) is 1. The van der Waals surface area contributed by atoms with Crippen LogP contribution in [0.15, 0.2) is 42.9 Å². The van der Waals surface area contributed by atoms with E-state index in [2.05, 4.69) is 4.98 Å². The Morgan fingerprint density at radius 3 is 2.74 bits per heavy atom. The average Bonchev–Trinajstić information content (AvgIpc) is 2.96. The Labute approximate surface area is 135 Å². The lowest BCUT2D eigenvalue weighted by Crippen LogP contribution is -2.58. The summed E-state index contributed by atoms with van der Waals surface area (Å²) in [5.74, 6) is 0.561. The molecular formula is C17H21N3O3. The number of amides is 1. The molecule has 2 atom stereocenters. The smallest absolute Gasteiger partial charge is 0.274 e. The van der Waals surface area contributed by atoms with E-state index in [0.717, 1.165) is 5.75 Å². The lowest BCUT2D eigenvalue weighted by molar-refractivity contribution is -0.0900. The first-order chi connectivity index (χ1) is 11.0. The molecule has 1 aliphatic rings. The second kappa shape index (κ2) is 6.04. The molecule has 0 unspecified atom stereocenters. The van der Waals surface area contributed by atoms with Gasteiger partial charge in [0.1, 0.15) is 23.1 Å². The lowest BCUT2D eigenvalue weighted by Gasteiger charge is -2.42. The highest BCUT2D eigenvalue weighted by Gasteiger charge is 2.41. The predicted molar refractivity (Wildman–Crippen MR) is 85.2 cm³/mol. The van der Waals surface area contributed by atoms with Crippen molar-refractivity contribution >= 4 is 5.91 Å². The molecule has 23 heavy (non-hydrogen) atoms. The van der Waals surface area contributed by atoms with Crippen molar-refractivity contribution in [3.8, 4) is 5.75 Å². The third-order valence-corrected chi connectivity index (χ3v) is 4.10. The van der Waals surface area contributed by atoms with Gasteiger partial charge in [-0.25, -0.2) is 4.98 Å². The van der Waals surface area contributed by atoms with Crippen LogP contribution in [0, 0.1) is 0 Å². The number of ether oxygens (including phenoxy) is 1. The number of aryl methyl sites for hydroxylation is 1. The van der Waals surface area contributed by atoms with Gasteiger partial charge in [-0.1, -0.05) is 18.2 Å². The predicted octanol–water partition coefficient (Wildman–Crippen LogP) is 1.46. The molecule has 1 N–H and O–H groups in total. The van der Waals surface area contributed by atoms with E-state index in [1.54, 1.807) is 28.9 Å².